The second-order valence-electron chi connectivity index (χ2n) is 7.37. The molecule has 0 unspecified atom stereocenters. The molecule has 0 aliphatic carbocycles. The topological polar surface area (TPSA) is 53.1 Å². The van der Waals surface area contributed by atoms with Gasteiger partial charge in [-0.2, -0.15) is 0 Å². The molecule has 0 radical (unpaired) electrons. The first kappa shape index (κ1) is 16.6. The number of likely N-dealkylation sites (tertiary alicyclic amines) is 3. The standard InChI is InChI=1S/C17H29N3O3/c1-3-23-16(22)20-9-5-14(12-20)19-10-7-17(8-11-19)6-4-15(21)18(2)13-17/h14H,3-13H2,1-2H3/t14-/m1/s1. The number of amides is 2. The fourth-order valence-corrected chi connectivity index (χ4v) is 4.43. The van der Waals surface area contributed by atoms with Crippen molar-refractivity contribution in [2.75, 3.05) is 46.4 Å². The minimum atomic E-state index is -0.170. The average molecular weight is 323 g/mol. The summed E-state index contributed by atoms with van der Waals surface area (Å²) in [7, 11) is 1.93. The lowest BCUT2D eigenvalue weighted by atomic mass is 9.72. The summed E-state index contributed by atoms with van der Waals surface area (Å²) >= 11 is 0. The van der Waals surface area contributed by atoms with Crippen LogP contribution in [0.15, 0.2) is 0 Å². The molecule has 3 rings (SSSR count). The Morgan fingerprint density at radius 3 is 2.65 bits per heavy atom. The Hall–Kier alpha value is -1.30. The molecule has 130 valence electrons. The van der Waals surface area contributed by atoms with Crippen LogP contribution in [0.5, 0.6) is 0 Å². The van der Waals surface area contributed by atoms with E-state index in [4.69, 9.17) is 4.74 Å². The summed E-state index contributed by atoms with van der Waals surface area (Å²) in [4.78, 5) is 29.8. The van der Waals surface area contributed by atoms with Gasteiger partial charge in [-0.05, 0) is 51.1 Å². The van der Waals surface area contributed by atoms with E-state index in [2.05, 4.69) is 4.90 Å². The van der Waals surface area contributed by atoms with Crippen LogP contribution in [0.1, 0.15) is 39.0 Å². The lowest BCUT2D eigenvalue weighted by Crippen LogP contribution is -2.52. The Morgan fingerprint density at radius 1 is 1.26 bits per heavy atom. The van der Waals surface area contributed by atoms with Crippen LogP contribution in [-0.2, 0) is 9.53 Å². The molecule has 0 aromatic carbocycles. The SMILES string of the molecule is CCOC(=O)N1CC[C@@H](N2CCC3(CCC(=O)N(C)C3)CC2)C1. The molecule has 23 heavy (non-hydrogen) atoms. The van der Waals surface area contributed by atoms with Gasteiger partial charge in [0.1, 0.15) is 0 Å². The maximum Gasteiger partial charge on any atom is 0.409 e. The van der Waals surface area contributed by atoms with Crippen molar-refractivity contribution >= 4 is 12.0 Å². The molecule has 1 spiro atoms. The lowest BCUT2D eigenvalue weighted by molar-refractivity contribution is -0.137. The van der Waals surface area contributed by atoms with E-state index in [0.717, 1.165) is 45.6 Å². The van der Waals surface area contributed by atoms with E-state index < -0.39 is 0 Å². The monoisotopic (exact) mass is 323 g/mol. The molecular formula is C17H29N3O3. The molecule has 0 aromatic heterocycles. The van der Waals surface area contributed by atoms with Crippen molar-refractivity contribution in [3.05, 3.63) is 0 Å². The lowest BCUT2D eigenvalue weighted by Gasteiger charge is -2.47. The predicted octanol–water partition coefficient (Wildman–Crippen LogP) is 1.55. The smallest absolute Gasteiger partial charge is 0.409 e. The van der Waals surface area contributed by atoms with Gasteiger partial charge in [0, 0.05) is 39.1 Å². The molecule has 0 bridgehead atoms. The molecule has 0 N–H and O–H groups in total. The number of rotatable bonds is 2. The Balaban J connectivity index is 1.50. The van der Waals surface area contributed by atoms with Crippen LogP contribution < -0.4 is 0 Å². The van der Waals surface area contributed by atoms with Gasteiger partial charge in [0.2, 0.25) is 5.91 Å². The Kier molecular flexibility index (Phi) is 4.80. The largest absolute Gasteiger partial charge is 0.450 e. The molecule has 3 aliphatic heterocycles. The zero-order valence-corrected chi connectivity index (χ0v) is 14.4. The van der Waals surface area contributed by atoms with Crippen LogP contribution in [0.2, 0.25) is 0 Å². The number of hydrogen-bond donors (Lipinski definition) is 0. The predicted molar refractivity (Wildman–Crippen MR) is 87.1 cm³/mol. The third kappa shape index (κ3) is 3.47. The normalized spacial score (nSPS) is 28.4. The van der Waals surface area contributed by atoms with Crippen LogP contribution in [0.4, 0.5) is 4.79 Å². The second-order valence-corrected chi connectivity index (χ2v) is 7.37. The summed E-state index contributed by atoms with van der Waals surface area (Å²) in [6, 6.07) is 0.472. The van der Waals surface area contributed by atoms with Gasteiger partial charge >= 0.3 is 6.09 Å². The first-order chi connectivity index (χ1) is 11.0. The zero-order valence-electron chi connectivity index (χ0n) is 14.4. The average Bonchev–Trinajstić information content (AvgIpc) is 3.02. The van der Waals surface area contributed by atoms with Crippen LogP contribution in [0, 0.1) is 5.41 Å². The first-order valence-corrected chi connectivity index (χ1v) is 8.93. The van der Waals surface area contributed by atoms with Gasteiger partial charge in [0.25, 0.3) is 0 Å². The second kappa shape index (κ2) is 6.67. The van der Waals surface area contributed by atoms with Gasteiger partial charge in [0.15, 0.2) is 0 Å². The highest BCUT2D eigenvalue weighted by atomic mass is 16.6. The molecule has 2 amide bonds. The van der Waals surface area contributed by atoms with Gasteiger partial charge in [-0.1, -0.05) is 0 Å². The van der Waals surface area contributed by atoms with Gasteiger partial charge in [-0.15, -0.1) is 0 Å². The molecule has 6 heteroatoms. The summed E-state index contributed by atoms with van der Waals surface area (Å²) in [6.45, 7) is 6.98. The highest BCUT2D eigenvalue weighted by Gasteiger charge is 2.42. The molecular weight excluding hydrogens is 294 g/mol. The van der Waals surface area contributed by atoms with Crippen molar-refractivity contribution in [2.24, 2.45) is 5.41 Å². The molecule has 1 atom stereocenters. The fraction of sp³-hybridized carbons (Fsp3) is 0.882. The van der Waals surface area contributed by atoms with Crippen LogP contribution in [0.3, 0.4) is 0 Å². The van der Waals surface area contributed by atoms with Crippen molar-refractivity contribution in [2.45, 2.75) is 45.1 Å². The van der Waals surface area contributed by atoms with E-state index in [0.29, 0.717) is 30.4 Å². The van der Waals surface area contributed by atoms with Gasteiger partial charge < -0.3 is 14.5 Å². The van der Waals surface area contributed by atoms with E-state index in [1.807, 2.05) is 23.8 Å². The quantitative estimate of drug-likeness (QED) is 0.774. The maximum atomic E-state index is 11.8. The minimum absolute atomic E-state index is 0.170. The molecule has 0 saturated carbocycles. The van der Waals surface area contributed by atoms with E-state index in [-0.39, 0.29) is 6.09 Å². The third-order valence-electron chi connectivity index (χ3n) is 5.93. The highest BCUT2D eigenvalue weighted by Crippen LogP contribution is 2.40. The van der Waals surface area contributed by atoms with E-state index in [1.165, 1.54) is 12.8 Å². The molecule has 3 aliphatic rings. The molecule has 3 heterocycles. The van der Waals surface area contributed by atoms with Gasteiger partial charge in [-0.25, -0.2) is 4.79 Å². The zero-order chi connectivity index (χ0) is 16.4. The fourth-order valence-electron chi connectivity index (χ4n) is 4.43. The maximum absolute atomic E-state index is 11.8. The van der Waals surface area contributed by atoms with E-state index >= 15 is 0 Å². The molecule has 0 aromatic rings. The molecule has 3 fully saturated rings. The number of piperidine rings is 2. The Bertz CT molecular complexity index is 460. The summed E-state index contributed by atoms with van der Waals surface area (Å²) in [5.41, 5.74) is 0.332. The highest BCUT2D eigenvalue weighted by molar-refractivity contribution is 5.76. The van der Waals surface area contributed by atoms with Crippen molar-refractivity contribution < 1.29 is 14.3 Å². The van der Waals surface area contributed by atoms with Crippen molar-refractivity contribution in [3.63, 3.8) is 0 Å². The summed E-state index contributed by atoms with van der Waals surface area (Å²) in [5, 5.41) is 0. The minimum Gasteiger partial charge on any atom is -0.450 e. The first-order valence-electron chi connectivity index (χ1n) is 8.93. The van der Waals surface area contributed by atoms with Crippen LogP contribution in [0.25, 0.3) is 0 Å². The van der Waals surface area contributed by atoms with Crippen molar-refractivity contribution in [1.82, 2.24) is 14.7 Å². The van der Waals surface area contributed by atoms with E-state index in [1.54, 1.807) is 0 Å². The number of carbonyl (C=O) groups is 2. The van der Waals surface area contributed by atoms with Crippen LogP contribution >= 0.6 is 0 Å². The molecule has 3 saturated heterocycles. The Labute approximate surface area is 138 Å². The van der Waals surface area contributed by atoms with Gasteiger partial charge in [-0.3, -0.25) is 9.69 Å². The number of carbonyl (C=O) groups excluding carboxylic acids is 2. The summed E-state index contributed by atoms with van der Waals surface area (Å²) in [6.07, 6.45) is 4.96. The number of nitrogens with zero attached hydrogens (tertiary/aromatic N) is 3. The molecule has 6 nitrogen and oxygen atoms in total. The van der Waals surface area contributed by atoms with Crippen molar-refractivity contribution in [1.29, 1.82) is 0 Å². The third-order valence-corrected chi connectivity index (χ3v) is 5.93. The van der Waals surface area contributed by atoms with Crippen molar-refractivity contribution in [3.8, 4) is 0 Å². The number of hydrogen-bond acceptors (Lipinski definition) is 4. The number of ether oxygens (including phenoxy) is 1. The van der Waals surface area contributed by atoms with Gasteiger partial charge in [0.05, 0.1) is 6.61 Å². The van der Waals surface area contributed by atoms with E-state index in [9.17, 15) is 9.59 Å². The van der Waals surface area contributed by atoms with Crippen LogP contribution in [-0.4, -0.2) is 79.1 Å². The summed E-state index contributed by atoms with van der Waals surface area (Å²) < 4.78 is 5.10. The Morgan fingerprint density at radius 2 is 2.00 bits per heavy atom. The summed E-state index contributed by atoms with van der Waals surface area (Å²) in [5.74, 6) is 0.291.